The molecule has 0 spiro atoms. The summed E-state index contributed by atoms with van der Waals surface area (Å²) in [7, 11) is 0. The van der Waals surface area contributed by atoms with Crippen molar-refractivity contribution < 1.29 is 13.6 Å². The monoisotopic (exact) mass is 335 g/mol. The van der Waals surface area contributed by atoms with Crippen LogP contribution in [0.2, 0.25) is 0 Å². The molecule has 0 unspecified atom stereocenters. The van der Waals surface area contributed by atoms with Gasteiger partial charge in [0.25, 0.3) is 5.91 Å². The van der Waals surface area contributed by atoms with Crippen LogP contribution in [0.25, 0.3) is 22.0 Å². The van der Waals surface area contributed by atoms with E-state index in [1.165, 1.54) is 12.1 Å². The van der Waals surface area contributed by atoms with Gasteiger partial charge in [0.2, 0.25) is 0 Å². The molecule has 2 aromatic carbocycles. The summed E-state index contributed by atoms with van der Waals surface area (Å²) < 4.78 is 18.7. The molecular weight excluding hydrogens is 321 g/mol. The van der Waals surface area contributed by atoms with E-state index < -0.39 is 0 Å². The van der Waals surface area contributed by atoms with Gasteiger partial charge in [-0.1, -0.05) is 0 Å². The molecule has 2 aromatic heterocycles. The largest absolute Gasteiger partial charge is 0.441 e. The number of nitrogens with one attached hydrogen (secondary N) is 1. The van der Waals surface area contributed by atoms with E-state index >= 15 is 0 Å². The molecule has 4 rings (SSSR count). The zero-order valence-electron chi connectivity index (χ0n) is 13.6. The van der Waals surface area contributed by atoms with Gasteiger partial charge in [0.05, 0.1) is 16.8 Å². The van der Waals surface area contributed by atoms with Crippen molar-refractivity contribution in [1.82, 2.24) is 9.97 Å². The molecule has 0 saturated heterocycles. The summed E-state index contributed by atoms with van der Waals surface area (Å²) >= 11 is 0. The van der Waals surface area contributed by atoms with E-state index in [1.54, 1.807) is 44.2 Å². The molecular formula is C19H14FN3O2. The van der Waals surface area contributed by atoms with Gasteiger partial charge in [-0.05, 0) is 43.3 Å². The zero-order valence-corrected chi connectivity index (χ0v) is 13.6. The second-order valence-corrected chi connectivity index (χ2v) is 5.83. The number of pyridine rings is 1. The maximum atomic E-state index is 13.3. The fraction of sp³-hybridized carbons (Fsp3) is 0.105. The molecule has 0 aliphatic heterocycles. The van der Waals surface area contributed by atoms with E-state index in [0.29, 0.717) is 44.8 Å². The minimum absolute atomic E-state index is 0.282. The molecule has 2 heterocycles. The topological polar surface area (TPSA) is 68.0 Å². The van der Waals surface area contributed by atoms with E-state index in [0.717, 1.165) is 0 Å². The molecule has 1 N–H and O–H groups in total. The average Bonchev–Trinajstić information content (AvgIpc) is 2.93. The van der Waals surface area contributed by atoms with Gasteiger partial charge in [0.15, 0.2) is 11.5 Å². The summed E-state index contributed by atoms with van der Waals surface area (Å²) in [5.41, 5.74) is 3.46. The number of hydrogen-bond acceptors (Lipinski definition) is 4. The Morgan fingerprint density at radius 2 is 1.88 bits per heavy atom. The molecule has 0 saturated carbocycles. The van der Waals surface area contributed by atoms with Crippen LogP contribution < -0.4 is 5.32 Å². The molecule has 25 heavy (non-hydrogen) atoms. The molecule has 0 radical (unpaired) electrons. The van der Waals surface area contributed by atoms with Crippen molar-refractivity contribution in [3.63, 3.8) is 0 Å². The van der Waals surface area contributed by atoms with Crippen molar-refractivity contribution in [2.75, 3.05) is 5.32 Å². The number of aryl methyl sites for hydroxylation is 2. The number of amides is 1. The summed E-state index contributed by atoms with van der Waals surface area (Å²) in [4.78, 5) is 21.2. The van der Waals surface area contributed by atoms with Crippen LogP contribution in [0.3, 0.4) is 0 Å². The van der Waals surface area contributed by atoms with Crippen LogP contribution in [-0.4, -0.2) is 15.9 Å². The maximum Gasteiger partial charge on any atom is 0.257 e. The summed E-state index contributed by atoms with van der Waals surface area (Å²) in [5.74, 6) is -0.0658. The van der Waals surface area contributed by atoms with Crippen LogP contribution in [0, 0.1) is 19.7 Å². The average molecular weight is 335 g/mol. The van der Waals surface area contributed by atoms with Crippen molar-refractivity contribution in [3.8, 4) is 0 Å². The number of oxazole rings is 1. The number of nitrogens with zero attached hydrogens (tertiary/aromatic N) is 2. The Bertz CT molecular complexity index is 1130. The number of carbonyl (C=O) groups excluding carboxylic acids is 1. The summed E-state index contributed by atoms with van der Waals surface area (Å²) in [5, 5.41) is 3.55. The third kappa shape index (κ3) is 2.82. The second kappa shape index (κ2) is 5.66. The predicted octanol–water partition coefficient (Wildman–Crippen LogP) is 4.38. The standard InChI is InChI=1S/C19H14FN3O2/c1-10-15(7-12-3-4-13(20)8-16(12)21-10)19(24)23-14-5-6-18-17(9-14)22-11(2)25-18/h3-9H,1-2H3,(H,23,24). The van der Waals surface area contributed by atoms with Gasteiger partial charge in [-0.25, -0.2) is 9.37 Å². The van der Waals surface area contributed by atoms with E-state index in [-0.39, 0.29) is 11.7 Å². The minimum Gasteiger partial charge on any atom is -0.441 e. The molecule has 0 aliphatic carbocycles. The Morgan fingerprint density at radius 3 is 2.72 bits per heavy atom. The van der Waals surface area contributed by atoms with Crippen molar-refractivity contribution >= 4 is 33.6 Å². The first-order chi connectivity index (χ1) is 12.0. The fourth-order valence-corrected chi connectivity index (χ4v) is 2.79. The summed E-state index contributed by atoms with van der Waals surface area (Å²) in [6.07, 6.45) is 0. The Labute approximate surface area is 142 Å². The number of benzene rings is 2. The highest BCUT2D eigenvalue weighted by Crippen LogP contribution is 2.22. The molecule has 6 heteroatoms. The second-order valence-electron chi connectivity index (χ2n) is 5.83. The Morgan fingerprint density at radius 1 is 1.04 bits per heavy atom. The van der Waals surface area contributed by atoms with Gasteiger partial charge in [0.1, 0.15) is 11.3 Å². The third-order valence-electron chi connectivity index (χ3n) is 3.97. The number of anilines is 1. The van der Waals surface area contributed by atoms with Crippen molar-refractivity contribution in [2.24, 2.45) is 0 Å². The van der Waals surface area contributed by atoms with Crippen LogP contribution >= 0.6 is 0 Å². The highest BCUT2D eigenvalue weighted by molar-refractivity contribution is 6.07. The highest BCUT2D eigenvalue weighted by atomic mass is 19.1. The van der Waals surface area contributed by atoms with Gasteiger partial charge >= 0.3 is 0 Å². The van der Waals surface area contributed by atoms with Crippen molar-refractivity contribution in [1.29, 1.82) is 0 Å². The fourth-order valence-electron chi connectivity index (χ4n) is 2.79. The van der Waals surface area contributed by atoms with Crippen LogP contribution in [-0.2, 0) is 0 Å². The third-order valence-corrected chi connectivity index (χ3v) is 3.97. The molecule has 0 aliphatic rings. The molecule has 4 aromatic rings. The van der Waals surface area contributed by atoms with Crippen molar-refractivity contribution in [3.05, 3.63) is 65.4 Å². The molecule has 5 nitrogen and oxygen atoms in total. The van der Waals surface area contributed by atoms with Crippen LogP contribution in [0.15, 0.2) is 46.9 Å². The number of fused-ring (bicyclic) bond motifs is 2. The number of rotatable bonds is 2. The maximum absolute atomic E-state index is 13.3. The predicted molar refractivity (Wildman–Crippen MR) is 93.1 cm³/mol. The van der Waals surface area contributed by atoms with Crippen LogP contribution in [0.1, 0.15) is 21.9 Å². The van der Waals surface area contributed by atoms with Gasteiger partial charge in [-0.3, -0.25) is 9.78 Å². The Kier molecular flexibility index (Phi) is 3.46. The lowest BCUT2D eigenvalue weighted by Gasteiger charge is -2.09. The smallest absolute Gasteiger partial charge is 0.257 e. The molecule has 0 atom stereocenters. The highest BCUT2D eigenvalue weighted by Gasteiger charge is 2.13. The van der Waals surface area contributed by atoms with Crippen LogP contribution in [0.4, 0.5) is 10.1 Å². The lowest BCUT2D eigenvalue weighted by Crippen LogP contribution is -2.14. The first-order valence-corrected chi connectivity index (χ1v) is 7.75. The summed E-state index contributed by atoms with van der Waals surface area (Å²) in [6.45, 7) is 3.49. The minimum atomic E-state index is -0.354. The Balaban J connectivity index is 1.68. The number of carbonyl (C=O) groups is 1. The summed E-state index contributed by atoms with van der Waals surface area (Å²) in [6, 6.07) is 11.3. The van der Waals surface area contributed by atoms with Crippen molar-refractivity contribution in [2.45, 2.75) is 13.8 Å². The molecule has 1 amide bonds. The molecule has 0 fully saturated rings. The number of hydrogen-bond donors (Lipinski definition) is 1. The lowest BCUT2D eigenvalue weighted by atomic mass is 10.1. The van der Waals surface area contributed by atoms with Gasteiger partial charge < -0.3 is 9.73 Å². The van der Waals surface area contributed by atoms with E-state index in [4.69, 9.17) is 4.42 Å². The van der Waals surface area contributed by atoms with Gasteiger partial charge in [0, 0.05) is 24.1 Å². The van der Waals surface area contributed by atoms with Gasteiger partial charge in [-0.2, -0.15) is 0 Å². The van der Waals surface area contributed by atoms with E-state index in [9.17, 15) is 9.18 Å². The van der Waals surface area contributed by atoms with E-state index in [2.05, 4.69) is 15.3 Å². The SMILES string of the molecule is Cc1nc2cc(NC(=O)c3cc4ccc(F)cc4nc3C)ccc2o1. The molecule has 124 valence electrons. The first kappa shape index (κ1) is 15.3. The van der Waals surface area contributed by atoms with Gasteiger partial charge in [-0.15, -0.1) is 0 Å². The first-order valence-electron chi connectivity index (χ1n) is 7.75. The number of aromatic nitrogens is 2. The zero-order chi connectivity index (χ0) is 17.6. The molecule has 0 bridgehead atoms. The number of halogens is 1. The normalized spacial score (nSPS) is 11.2. The van der Waals surface area contributed by atoms with E-state index in [1.807, 2.05) is 0 Å². The Hall–Kier alpha value is -3.28. The quantitative estimate of drug-likeness (QED) is 0.590. The van der Waals surface area contributed by atoms with Crippen LogP contribution in [0.5, 0.6) is 0 Å². The lowest BCUT2D eigenvalue weighted by molar-refractivity contribution is 0.102.